The molecule has 0 amide bonds. The second-order valence-electron chi connectivity index (χ2n) is 3.66. The van der Waals surface area contributed by atoms with Gasteiger partial charge in [0.2, 0.25) is 0 Å². The standard InChI is InChI=1S/C12H15NO3S/c1-8-4-5-10-9(6-8)13-12(16-10)17-7-11(14-2)15-3/h4-6,11H,7H2,1-3H3. The molecule has 0 radical (unpaired) electrons. The summed E-state index contributed by atoms with van der Waals surface area (Å²) in [6.07, 6.45) is -0.239. The van der Waals surface area contributed by atoms with Crippen molar-refractivity contribution >= 4 is 22.9 Å². The third-order valence-electron chi connectivity index (χ3n) is 2.39. The van der Waals surface area contributed by atoms with Gasteiger partial charge in [-0.05, 0) is 24.6 Å². The van der Waals surface area contributed by atoms with Crippen LogP contribution in [0.25, 0.3) is 11.1 Å². The van der Waals surface area contributed by atoms with Gasteiger partial charge in [0.1, 0.15) is 5.52 Å². The van der Waals surface area contributed by atoms with Crippen LogP contribution >= 0.6 is 11.8 Å². The fraction of sp³-hybridized carbons (Fsp3) is 0.417. The van der Waals surface area contributed by atoms with Crippen molar-refractivity contribution in [2.45, 2.75) is 18.4 Å². The van der Waals surface area contributed by atoms with Crippen LogP contribution in [0.5, 0.6) is 0 Å². The molecule has 2 aromatic rings. The van der Waals surface area contributed by atoms with Gasteiger partial charge < -0.3 is 13.9 Å². The molecule has 92 valence electrons. The Morgan fingerprint density at radius 2 is 2.12 bits per heavy atom. The lowest BCUT2D eigenvalue weighted by Gasteiger charge is -2.10. The average Bonchev–Trinajstić information content (AvgIpc) is 2.72. The van der Waals surface area contributed by atoms with Gasteiger partial charge in [-0.2, -0.15) is 0 Å². The van der Waals surface area contributed by atoms with Gasteiger partial charge in [-0.25, -0.2) is 4.98 Å². The van der Waals surface area contributed by atoms with Crippen molar-refractivity contribution in [2.75, 3.05) is 20.0 Å². The van der Waals surface area contributed by atoms with Crippen molar-refractivity contribution in [3.63, 3.8) is 0 Å². The Kier molecular flexibility index (Phi) is 4.04. The molecule has 1 aromatic heterocycles. The maximum absolute atomic E-state index is 5.60. The minimum atomic E-state index is -0.239. The van der Waals surface area contributed by atoms with Crippen LogP contribution < -0.4 is 0 Å². The molecule has 0 spiro atoms. The number of aromatic nitrogens is 1. The van der Waals surface area contributed by atoms with Gasteiger partial charge in [-0.15, -0.1) is 0 Å². The van der Waals surface area contributed by atoms with Crippen LogP contribution in [-0.2, 0) is 9.47 Å². The van der Waals surface area contributed by atoms with E-state index in [9.17, 15) is 0 Å². The summed E-state index contributed by atoms with van der Waals surface area (Å²) in [5.41, 5.74) is 2.87. The maximum Gasteiger partial charge on any atom is 0.256 e. The molecule has 1 heterocycles. The molecule has 0 aliphatic rings. The number of hydrogen-bond donors (Lipinski definition) is 0. The minimum absolute atomic E-state index is 0.239. The van der Waals surface area contributed by atoms with E-state index in [1.807, 2.05) is 25.1 Å². The van der Waals surface area contributed by atoms with Gasteiger partial charge in [-0.1, -0.05) is 17.8 Å². The lowest BCUT2D eigenvalue weighted by molar-refractivity contribution is -0.0843. The zero-order chi connectivity index (χ0) is 12.3. The van der Waals surface area contributed by atoms with E-state index in [2.05, 4.69) is 4.98 Å². The third-order valence-corrected chi connectivity index (χ3v) is 3.25. The number of hydrogen-bond acceptors (Lipinski definition) is 5. The second kappa shape index (κ2) is 5.53. The number of aryl methyl sites for hydroxylation is 1. The Bertz CT molecular complexity index is 493. The normalized spacial score (nSPS) is 11.5. The molecule has 0 unspecified atom stereocenters. The topological polar surface area (TPSA) is 44.5 Å². The lowest BCUT2D eigenvalue weighted by Crippen LogP contribution is -2.15. The minimum Gasteiger partial charge on any atom is -0.431 e. The molecule has 1 aromatic carbocycles. The largest absolute Gasteiger partial charge is 0.431 e. The van der Waals surface area contributed by atoms with Crippen LogP contribution in [0.2, 0.25) is 0 Å². The Balaban J connectivity index is 2.09. The van der Waals surface area contributed by atoms with Crippen LogP contribution in [0.4, 0.5) is 0 Å². The summed E-state index contributed by atoms with van der Waals surface area (Å²) in [6.45, 7) is 2.03. The lowest BCUT2D eigenvalue weighted by atomic mass is 10.2. The van der Waals surface area contributed by atoms with Crippen molar-refractivity contribution in [2.24, 2.45) is 0 Å². The molecular formula is C12H15NO3S. The highest BCUT2D eigenvalue weighted by molar-refractivity contribution is 7.99. The van der Waals surface area contributed by atoms with Gasteiger partial charge in [0.25, 0.3) is 5.22 Å². The molecule has 0 N–H and O–H groups in total. The fourth-order valence-corrected chi connectivity index (χ4v) is 2.31. The van der Waals surface area contributed by atoms with Crippen molar-refractivity contribution < 1.29 is 13.9 Å². The second-order valence-corrected chi connectivity index (χ2v) is 4.63. The van der Waals surface area contributed by atoms with Crippen LogP contribution in [0.15, 0.2) is 27.8 Å². The van der Waals surface area contributed by atoms with Crippen molar-refractivity contribution in [1.82, 2.24) is 4.98 Å². The molecule has 0 aliphatic heterocycles. The fourth-order valence-electron chi connectivity index (χ4n) is 1.45. The molecule has 17 heavy (non-hydrogen) atoms. The quantitative estimate of drug-likeness (QED) is 0.605. The smallest absolute Gasteiger partial charge is 0.256 e. The predicted molar refractivity (Wildman–Crippen MR) is 67.3 cm³/mol. The molecule has 0 atom stereocenters. The Morgan fingerprint density at radius 3 is 2.82 bits per heavy atom. The van der Waals surface area contributed by atoms with Crippen molar-refractivity contribution in [3.05, 3.63) is 23.8 Å². The van der Waals surface area contributed by atoms with E-state index in [0.717, 1.165) is 11.1 Å². The monoisotopic (exact) mass is 253 g/mol. The summed E-state index contributed by atoms with van der Waals surface area (Å²) in [5.74, 6) is 0.652. The number of benzene rings is 1. The summed E-state index contributed by atoms with van der Waals surface area (Å²) in [6, 6.07) is 5.95. The zero-order valence-electron chi connectivity index (χ0n) is 10.1. The first-order chi connectivity index (χ1) is 8.22. The number of oxazole rings is 1. The van der Waals surface area contributed by atoms with E-state index >= 15 is 0 Å². The van der Waals surface area contributed by atoms with E-state index in [0.29, 0.717) is 11.0 Å². The highest BCUT2D eigenvalue weighted by Gasteiger charge is 2.10. The summed E-state index contributed by atoms with van der Waals surface area (Å²) in [7, 11) is 3.23. The SMILES string of the molecule is COC(CSc1nc2cc(C)ccc2o1)OC. The molecule has 0 bridgehead atoms. The van der Waals surface area contributed by atoms with E-state index < -0.39 is 0 Å². The predicted octanol–water partition coefficient (Wildman–Crippen LogP) is 2.85. The first kappa shape index (κ1) is 12.4. The Morgan fingerprint density at radius 1 is 1.35 bits per heavy atom. The zero-order valence-corrected chi connectivity index (χ0v) is 10.9. The number of ether oxygens (including phenoxy) is 2. The molecule has 0 saturated carbocycles. The summed E-state index contributed by atoms with van der Waals surface area (Å²) >= 11 is 1.48. The van der Waals surface area contributed by atoms with E-state index in [1.54, 1.807) is 14.2 Å². The average molecular weight is 253 g/mol. The molecule has 0 fully saturated rings. The highest BCUT2D eigenvalue weighted by Crippen LogP contribution is 2.24. The highest BCUT2D eigenvalue weighted by atomic mass is 32.2. The number of fused-ring (bicyclic) bond motifs is 1. The van der Waals surface area contributed by atoms with Crippen molar-refractivity contribution in [3.8, 4) is 0 Å². The van der Waals surface area contributed by atoms with Gasteiger partial charge in [-0.3, -0.25) is 0 Å². The first-order valence-corrected chi connectivity index (χ1v) is 6.27. The number of methoxy groups -OCH3 is 2. The van der Waals surface area contributed by atoms with Gasteiger partial charge in [0, 0.05) is 14.2 Å². The molecule has 2 rings (SSSR count). The van der Waals surface area contributed by atoms with Crippen LogP contribution in [-0.4, -0.2) is 31.2 Å². The first-order valence-electron chi connectivity index (χ1n) is 5.28. The molecule has 4 nitrogen and oxygen atoms in total. The number of rotatable bonds is 5. The Labute approximate surface area is 104 Å². The maximum atomic E-state index is 5.60. The van der Waals surface area contributed by atoms with Crippen LogP contribution in [0, 0.1) is 6.92 Å². The van der Waals surface area contributed by atoms with Gasteiger partial charge in [0.05, 0.1) is 5.75 Å². The summed E-state index contributed by atoms with van der Waals surface area (Å²) in [5, 5.41) is 0.643. The molecule has 0 saturated heterocycles. The Hall–Kier alpha value is -1.04. The van der Waals surface area contributed by atoms with Gasteiger partial charge >= 0.3 is 0 Å². The van der Waals surface area contributed by atoms with E-state index in [4.69, 9.17) is 13.9 Å². The van der Waals surface area contributed by atoms with E-state index in [-0.39, 0.29) is 6.29 Å². The third kappa shape index (κ3) is 3.00. The number of nitrogens with zero attached hydrogens (tertiary/aromatic N) is 1. The van der Waals surface area contributed by atoms with E-state index in [1.165, 1.54) is 17.3 Å². The molecular weight excluding hydrogens is 238 g/mol. The van der Waals surface area contributed by atoms with Gasteiger partial charge in [0.15, 0.2) is 11.9 Å². The molecule has 5 heteroatoms. The van der Waals surface area contributed by atoms with Crippen LogP contribution in [0.3, 0.4) is 0 Å². The van der Waals surface area contributed by atoms with Crippen LogP contribution in [0.1, 0.15) is 5.56 Å². The molecule has 0 aliphatic carbocycles. The summed E-state index contributed by atoms with van der Waals surface area (Å²) in [4.78, 5) is 4.40. The summed E-state index contributed by atoms with van der Waals surface area (Å²) < 4.78 is 15.8. The number of thioether (sulfide) groups is 1. The van der Waals surface area contributed by atoms with Crippen molar-refractivity contribution in [1.29, 1.82) is 0 Å².